The van der Waals surface area contributed by atoms with E-state index < -0.39 is 0 Å². The molecule has 0 saturated carbocycles. The van der Waals surface area contributed by atoms with Crippen LogP contribution in [0.5, 0.6) is 0 Å². The SMILES string of the molecule is Cc1ccc(C(=O)N2CCN(c3nccnc3C#N)CC2)s1. The third-order valence-corrected chi connectivity index (χ3v) is 4.59. The number of hydrogen-bond acceptors (Lipinski definition) is 6. The Hall–Kier alpha value is -2.46. The van der Waals surface area contributed by atoms with Crippen molar-refractivity contribution in [1.82, 2.24) is 14.9 Å². The van der Waals surface area contributed by atoms with Crippen LogP contribution in [0.3, 0.4) is 0 Å². The summed E-state index contributed by atoms with van der Waals surface area (Å²) in [6.45, 7) is 4.55. The number of thiophene rings is 1. The van der Waals surface area contributed by atoms with Crippen LogP contribution in [0, 0.1) is 18.3 Å². The van der Waals surface area contributed by atoms with Crippen LogP contribution < -0.4 is 4.90 Å². The van der Waals surface area contributed by atoms with Gasteiger partial charge in [0.05, 0.1) is 4.88 Å². The van der Waals surface area contributed by atoms with Crippen LogP contribution in [0.4, 0.5) is 5.82 Å². The Labute approximate surface area is 132 Å². The van der Waals surface area contributed by atoms with Crippen LogP contribution in [0.1, 0.15) is 20.2 Å². The van der Waals surface area contributed by atoms with Gasteiger partial charge >= 0.3 is 0 Å². The number of aryl methyl sites for hydroxylation is 1. The second-order valence-electron chi connectivity index (χ2n) is 5.03. The number of amides is 1. The molecule has 0 atom stereocenters. The molecule has 0 unspecified atom stereocenters. The fraction of sp³-hybridized carbons (Fsp3) is 0.333. The van der Waals surface area contributed by atoms with E-state index in [1.165, 1.54) is 17.5 Å². The number of rotatable bonds is 2. The molecule has 0 aromatic carbocycles. The average molecular weight is 313 g/mol. The molecule has 2 aromatic rings. The number of anilines is 1. The maximum absolute atomic E-state index is 12.4. The monoisotopic (exact) mass is 313 g/mol. The highest BCUT2D eigenvalue weighted by atomic mass is 32.1. The van der Waals surface area contributed by atoms with Crippen molar-refractivity contribution in [3.8, 4) is 6.07 Å². The van der Waals surface area contributed by atoms with Gasteiger partial charge in [0.15, 0.2) is 11.5 Å². The van der Waals surface area contributed by atoms with Crippen LogP contribution >= 0.6 is 11.3 Å². The maximum Gasteiger partial charge on any atom is 0.264 e. The highest BCUT2D eigenvalue weighted by molar-refractivity contribution is 7.13. The largest absolute Gasteiger partial charge is 0.351 e. The van der Waals surface area contributed by atoms with E-state index in [0.29, 0.717) is 37.7 Å². The zero-order chi connectivity index (χ0) is 15.5. The van der Waals surface area contributed by atoms with Crippen molar-refractivity contribution in [2.24, 2.45) is 0 Å². The first-order valence-electron chi connectivity index (χ1n) is 7.01. The van der Waals surface area contributed by atoms with Crippen LogP contribution in [0.2, 0.25) is 0 Å². The minimum atomic E-state index is 0.0809. The van der Waals surface area contributed by atoms with Crippen LogP contribution in [-0.4, -0.2) is 47.0 Å². The van der Waals surface area contributed by atoms with Crippen LogP contribution in [-0.2, 0) is 0 Å². The quantitative estimate of drug-likeness (QED) is 0.843. The van der Waals surface area contributed by atoms with Crippen molar-refractivity contribution >= 4 is 23.1 Å². The minimum Gasteiger partial charge on any atom is -0.351 e. The maximum atomic E-state index is 12.4. The fourth-order valence-electron chi connectivity index (χ4n) is 2.47. The number of piperazine rings is 1. The second kappa shape index (κ2) is 6.12. The predicted octanol–water partition coefficient (Wildman–Crippen LogP) is 1.68. The molecule has 0 radical (unpaired) electrons. The Balaban J connectivity index is 1.68. The summed E-state index contributed by atoms with van der Waals surface area (Å²) in [5.74, 6) is 0.682. The number of nitrogens with zero attached hydrogens (tertiary/aromatic N) is 5. The smallest absolute Gasteiger partial charge is 0.264 e. The van der Waals surface area contributed by atoms with E-state index in [9.17, 15) is 4.79 Å². The summed E-state index contributed by atoms with van der Waals surface area (Å²) in [7, 11) is 0. The van der Waals surface area contributed by atoms with Crippen molar-refractivity contribution in [2.45, 2.75) is 6.92 Å². The topological polar surface area (TPSA) is 73.1 Å². The molecule has 1 saturated heterocycles. The lowest BCUT2D eigenvalue weighted by atomic mass is 10.2. The van der Waals surface area contributed by atoms with Crippen LogP contribution in [0.25, 0.3) is 0 Å². The predicted molar refractivity (Wildman–Crippen MR) is 83.9 cm³/mol. The van der Waals surface area contributed by atoms with E-state index in [4.69, 9.17) is 5.26 Å². The lowest BCUT2D eigenvalue weighted by Gasteiger charge is -2.35. The number of carbonyl (C=O) groups excluding carboxylic acids is 1. The normalized spacial score (nSPS) is 14.7. The number of carbonyl (C=O) groups is 1. The molecule has 1 aliphatic rings. The fourth-order valence-corrected chi connectivity index (χ4v) is 3.30. The van der Waals surface area contributed by atoms with Gasteiger partial charge in [-0.2, -0.15) is 5.26 Å². The van der Waals surface area contributed by atoms with Gasteiger partial charge in [-0.25, -0.2) is 9.97 Å². The summed E-state index contributed by atoms with van der Waals surface area (Å²) in [6, 6.07) is 5.91. The Bertz CT molecular complexity index is 728. The van der Waals surface area contributed by atoms with Gasteiger partial charge < -0.3 is 9.80 Å². The first-order valence-corrected chi connectivity index (χ1v) is 7.82. The molecular formula is C15H15N5OS. The Morgan fingerprint density at radius 3 is 2.59 bits per heavy atom. The van der Waals surface area contributed by atoms with Crippen molar-refractivity contribution < 1.29 is 4.79 Å². The van der Waals surface area contributed by atoms with Gasteiger partial charge in [0, 0.05) is 43.4 Å². The summed E-state index contributed by atoms with van der Waals surface area (Å²) >= 11 is 1.52. The number of hydrogen-bond donors (Lipinski definition) is 0. The molecule has 112 valence electrons. The molecule has 0 aliphatic carbocycles. The lowest BCUT2D eigenvalue weighted by molar-refractivity contribution is 0.0751. The summed E-state index contributed by atoms with van der Waals surface area (Å²) in [5.41, 5.74) is 0.330. The van der Waals surface area contributed by atoms with E-state index in [1.54, 1.807) is 6.20 Å². The van der Waals surface area contributed by atoms with E-state index >= 15 is 0 Å². The third kappa shape index (κ3) is 2.78. The first kappa shape index (κ1) is 14.5. The third-order valence-electron chi connectivity index (χ3n) is 3.60. The van der Waals surface area contributed by atoms with Gasteiger partial charge in [0.2, 0.25) is 0 Å². The molecule has 22 heavy (non-hydrogen) atoms. The van der Waals surface area contributed by atoms with Gasteiger partial charge in [-0.05, 0) is 19.1 Å². The van der Waals surface area contributed by atoms with Crippen molar-refractivity contribution in [3.63, 3.8) is 0 Å². The first-order chi connectivity index (χ1) is 10.7. The molecule has 2 aromatic heterocycles. The average Bonchev–Trinajstić information content (AvgIpc) is 3.01. The molecule has 3 heterocycles. The van der Waals surface area contributed by atoms with E-state index in [1.807, 2.05) is 28.9 Å². The zero-order valence-corrected chi connectivity index (χ0v) is 13.0. The highest BCUT2D eigenvalue weighted by Gasteiger charge is 2.25. The molecule has 1 amide bonds. The molecule has 0 bridgehead atoms. The molecular weight excluding hydrogens is 298 g/mol. The Morgan fingerprint density at radius 1 is 1.23 bits per heavy atom. The molecule has 6 nitrogen and oxygen atoms in total. The van der Waals surface area contributed by atoms with Crippen molar-refractivity contribution in [2.75, 3.05) is 31.1 Å². The van der Waals surface area contributed by atoms with Gasteiger partial charge in [0.1, 0.15) is 6.07 Å². The summed E-state index contributed by atoms with van der Waals surface area (Å²) in [5, 5.41) is 9.10. The Kier molecular flexibility index (Phi) is 4.02. The van der Waals surface area contributed by atoms with Crippen molar-refractivity contribution in [3.05, 3.63) is 40.0 Å². The number of aromatic nitrogens is 2. The van der Waals surface area contributed by atoms with Gasteiger partial charge in [-0.15, -0.1) is 11.3 Å². The minimum absolute atomic E-state index is 0.0809. The number of nitriles is 1. The molecule has 1 fully saturated rings. The lowest BCUT2D eigenvalue weighted by Crippen LogP contribution is -2.49. The van der Waals surface area contributed by atoms with Crippen molar-refractivity contribution in [1.29, 1.82) is 5.26 Å². The van der Waals surface area contributed by atoms with Gasteiger partial charge in [-0.1, -0.05) is 0 Å². The van der Waals surface area contributed by atoms with E-state index in [-0.39, 0.29) is 5.91 Å². The zero-order valence-electron chi connectivity index (χ0n) is 12.2. The van der Waals surface area contributed by atoms with E-state index in [0.717, 1.165) is 9.75 Å². The summed E-state index contributed by atoms with van der Waals surface area (Å²) < 4.78 is 0. The molecule has 3 rings (SSSR count). The second-order valence-corrected chi connectivity index (χ2v) is 6.32. The Morgan fingerprint density at radius 2 is 1.95 bits per heavy atom. The standard InChI is InChI=1S/C15H15N5OS/c1-11-2-3-13(22-11)15(21)20-8-6-19(7-9-20)14-12(10-16)17-4-5-18-14/h2-5H,6-9H2,1H3. The van der Waals surface area contributed by atoms with Gasteiger partial charge in [-0.3, -0.25) is 4.79 Å². The van der Waals surface area contributed by atoms with Crippen LogP contribution in [0.15, 0.2) is 24.5 Å². The molecule has 1 aliphatic heterocycles. The molecule has 0 spiro atoms. The van der Waals surface area contributed by atoms with E-state index in [2.05, 4.69) is 16.0 Å². The summed E-state index contributed by atoms with van der Waals surface area (Å²) in [6.07, 6.45) is 3.10. The van der Waals surface area contributed by atoms with Gasteiger partial charge in [0.25, 0.3) is 5.91 Å². The molecule has 0 N–H and O–H groups in total. The summed E-state index contributed by atoms with van der Waals surface area (Å²) in [4.78, 5) is 26.5. The molecule has 7 heteroatoms. The highest BCUT2D eigenvalue weighted by Crippen LogP contribution is 2.20.